The standard InChI is InChI=1S/C10H7F2N3O.C6H5F3N2O/c11-8-9(12)14-5-15-10(8)16-7-4-2-1-3-6(7)13;1-11-2-4(3-12)5(10-11)6(7,8)9/h1-5H,13H2;2-3H,1H3. The van der Waals surface area contributed by atoms with Crippen LogP contribution in [0.2, 0.25) is 0 Å². The molecule has 0 aliphatic carbocycles. The summed E-state index contributed by atoms with van der Waals surface area (Å²) in [6, 6.07) is 6.44. The molecule has 148 valence electrons. The fraction of sp³-hybridized carbons (Fsp3) is 0.125. The van der Waals surface area contributed by atoms with Crippen LogP contribution in [-0.2, 0) is 13.2 Å². The topological polar surface area (TPSA) is 95.9 Å². The van der Waals surface area contributed by atoms with Gasteiger partial charge >= 0.3 is 6.18 Å². The number of para-hydroxylation sites is 2. The van der Waals surface area contributed by atoms with Gasteiger partial charge in [-0.25, -0.2) is 4.98 Å². The van der Waals surface area contributed by atoms with Crippen molar-refractivity contribution in [1.82, 2.24) is 19.7 Å². The highest BCUT2D eigenvalue weighted by molar-refractivity contribution is 5.76. The highest BCUT2D eigenvalue weighted by Gasteiger charge is 2.36. The summed E-state index contributed by atoms with van der Waals surface area (Å²) in [6.07, 6.45) is -2.53. The number of ether oxygens (including phenoxy) is 1. The van der Waals surface area contributed by atoms with Crippen molar-refractivity contribution >= 4 is 12.0 Å². The lowest BCUT2D eigenvalue weighted by Gasteiger charge is -2.07. The van der Waals surface area contributed by atoms with Crippen LogP contribution >= 0.6 is 0 Å². The van der Waals surface area contributed by atoms with Crippen LogP contribution in [0.1, 0.15) is 16.1 Å². The number of anilines is 1. The summed E-state index contributed by atoms with van der Waals surface area (Å²) >= 11 is 0. The molecule has 1 aromatic carbocycles. The minimum absolute atomic E-state index is 0.135. The molecule has 0 saturated heterocycles. The van der Waals surface area contributed by atoms with Gasteiger partial charge in [0.1, 0.15) is 6.33 Å². The first-order valence-corrected chi connectivity index (χ1v) is 7.37. The van der Waals surface area contributed by atoms with Crippen LogP contribution < -0.4 is 10.5 Å². The third-order valence-electron chi connectivity index (χ3n) is 3.09. The first kappa shape index (κ1) is 20.7. The number of nitrogen functional groups attached to an aromatic ring is 1. The predicted molar refractivity (Wildman–Crippen MR) is 86.5 cm³/mol. The summed E-state index contributed by atoms with van der Waals surface area (Å²) in [5.41, 5.74) is 4.30. The number of halogens is 5. The zero-order chi connectivity index (χ0) is 20.9. The fourth-order valence-corrected chi connectivity index (χ4v) is 1.90. The Labute approximate surface area is 154 Å². The molecule has 0 radical (unpaired) electrons. The highest BCUT2D eigenvalue weighted by atomic mass is 19.4. The molecule has 7 nitrogen and oxygen atoms in total. The molecule has 2 aromatic heterocycles. The Bertz CT molecular complexity index is 974. The molecule has 0 fully saturated rings. The molecule has 0 saturated carbocycles. The van der Waals surface area contributed by atoms with Gasteiger partial charge in [0.15, 0.2) is 17.7 Å². The van der Waals surface area contributed by atoms with E-state index in [1.807, 2.05) is 0 Å². The molecule has 3 aromatic rings. The van der Waals surface area contributed by atoms with Crippen LogP contribution in [0.3, 0.4) is 0 Å². The molecule has 0 amide bonds. The SMILES string of the molecule is Cn1cc(C=O)c(C(F)(F)F)n1.Nc1ccccc1Oc1ncnc(F)c1F. The minimum Gasteiger partial charge on any atom is -0.434 e. The van der Waals surface area contributed by atoms with Crippen LogP contribution in [0.15, 0.2) is 36.8 Å². The Morgan fingerprint density at radius 2 is 1.86 bits per heavy atom. The molecule has 0 aliphatic heterocycles. The van der Waals surface area contributed by atoms with Gasteiger partial charge in [0.05, 0.1) is 11.3 Å². The van der Waals surface area contributed by atoms with Crippen molar-refractivity contribution in [1.29, 1.82) is 0 Å². The maximum absolute atomic E-state index is 13.2. The Balaban J connectivity index is 0.000000209. The van der Waals surface area contributed by atoms with E-state index >= 15 is 0 Å². The second-order valence-corrected chi connectivity index (χ2v) is 5.15. The van der Waals surface area contributed by atoms with Crippen LogP contribution in [0.5, 0.6) is 11.6 Å². The van der Waals surface area contributed by atoms with E-state index in [0.29, 0.717) is 5.69 Å². The molecule has 0 unspecified atom stereocenters. The average Bonchev–Trinajstić information content (AvgIpc) is 3.03. The number of benzene rings is 1. The summed E-state index contributed by atoms with van der Waals surface area (Å²) in [6.45, 7) is 0. The number of alkyl halides is 3. The van der Waals surface area contributed by atoms with Gasteiger partial charge in [0.2, 0.25) is 5.82 Å². The number of nitrogens with zero attached hydrogens (tertiary/aromatic N) is 4. The van der Waals surface area contributed by atoms with Gasteiger partial charge in [-0.1, -0.05) is 12.1 Å². The fourth-order valence-electron chi connectivity index (χ4n) is 1.90. The molecule has 0 aliphatic rings. The lowest BCUT2D eigenvalue weighted by molar-refractivity contribution is -0.141. The molecule has 0 bridgehead atoms. The van der Waals surface area contributed by atoms with Crippen molar-refractivity contribution in [3.63, 3.8) is 0 Å². The number of carbonyl (C=O) groups is 1. The summed E-state index contributed by atoms with van der Waals surface area (Å²) in [5.74, 6) is -2.80. The van der Waals surface area contributed by atoms with Crippen molar-refractivity contribution < 1.29 is 31.5 Å². The van der Waals surface area contributed by atoms with E-state index in [9.17, 15) is 26.7 Å². The van der Waals surface area contributed by atoms with Crippen LogP contribution in [0, 0.1) is 11.8 Å². The monoisotopic (exact) mass is 401 g/mol. The Morgan fingerprint density at radius 1 is 1.18 bits per heavy atom. The van der Waals surface area contributed by atoms with Gasteiger partial charge in [-0.2, -0.15) is 32.0 Å². The van der Waals surface area contributed by atoms with Gasteiger partial charge < -0.3 is 10.5 Å². The van der Waals surface area contributed by atoms with Crippen molar-refractivity contribution in [3.05, 3.63) is 59.8 Å². The first-order valence-electron chi connectivity index (χ1n) is 7.37. The number of nitrogens with two attached hydrogens (primary N) is 1. The van der Waals surface area contributed by atoms with Gasteiger partial charge in [0, 0.05) is 13.2 Å². The summed E-state index contributed by atoms with van der Waals surface area (Å²) in [5, 5.41) is 3.11. The summed E-state index contributed by atoms with van der Waals surface area (Å²) < 4.78 is 67.9. The molecule has 3 rings (SSSR count). The van der Waals surface area contributed by atoms with Gasteiger partial charge in [0.25, 0.3) is 11.8 Å². The number of hydrogen-bond acceptors (Lipinski definition) is 6. The van der Waals surface area contributed by atoms with Crippen molar-refractivity contribution in [2.24, 2.45) is 7.05 Å². The minimum atomic E-state index is -4.56. The van der Waals surface area contributed by atoms with Gasteiger partial charge in [-0.05, 0) is 12.1 Å². The zero-order valence-electron chi connectivity index (χ0n) is 14.1. The number of rotatable bonds is 3. The van der Waals surface area contributed by atoms with E-state index in [4.69, 9.17) is 10.5 Å². The number of aryl methyl sites for hydroxylation is 1. The van der Waals surface area contributed by atoms with Gasteiger partial charge in [-0.15, -0.1) is 0 Å². The molecule has 12 heteroatoms. The normalized spacial score (nSPS) is 10.8. The molecular formula is C16H12F5N5O2. The van der Waals surface area contributed by atoms with Crippen LogP contribution in [0.4, 0.5) is 27.6 Å². The van der Waals surface area contributed by atoms with Crippen molar-refractivity contribution in [2.45, 2.75) is 6.18 Å². The van der Waals surface area contributed by atoms with E-state index in [2.05, 4.69) is 15.1 Å². The molecule has 2 heterocycles. The Hall–Kier alpha value is -3.57. The first-order chi connectivity index (χ1) is 13.1. The van der Waals surface area contributed by atoms with Crippen molar-refractivity contribution in [2.75, 3.05) is 5.73 Å². The van der Waals surface area contributed by atoms with E-state index in [-0.39, 0.29) is 12.0 Å². The maximum atomic E-state index is 13.2. The number of aldehydes is 1. The summed E-state index contributed by atoms with van der Waals surface area (Å²) in [4.78, 5) is 16.6. The van der Waals surface area contributed by atoms with Crippen LogP contribution in [-0.4, -0.2) is 26.0 Å². The average molecular weight is 401 g/mol. The van der Waals surface area contributed by atoms with E-state index in [0.717, 1.165) is 17.2 Å². The van der Waals surface area contributed by atoms with E-state index in [1.54, 1.807) is 18.2 Å². The van der Waals surface area contributed by atoms with Gasteiger partial charge in [-0.3, -0.25) is 9.48 Å². The van der Waals surface area contributed by atoms with E-state index < -0.39 is 35.1 Å². The maximum Gasteiger partial charge on any atom is 0.435 e. The highest BCUT2D eigenvalue weighted by Crippen LogP contribution is 2.29. The van der Waals surface area contributed by atoms with Crippen molar-refractivity contribution in [3.8, 4) is 11.6 Å². The lowest BCUT2D eigenvalue weighted by atomic mass is 10.3. The Kier molecular flexibility index (Phi) is 6.23. The quantitative estimate of drug-likeness (QED) is 0.313. The van der Waals surface area contributed by atoms with E-state index in [1.165, 1.54) is 13.1 Å². The molecule has 28 heavy (non-hydrogen) atoms. The number of carbonyl (C=O) groups excluding carboxylic acids is 1. The third kappa shape index (κ3) is 4.99. The predicted octanol–water partition coefficient (Wildman–Crippen LogP) is 3.38. The van der Waals surface area contributed by atoms with Crippen LogP contribution in [0.25, 0.3) is 0 Å². The zero-order valence-corrected chi connectivity index (χ0v) is 14.1. The molecule has 0 atom stereocenters. The Morgan fingerprint density at radius 3 is 2.43 bits per heavy atom. The smallest absolute Gasteiger partial charge is 0.434 e. The molecule has 0 spiro atoms. The molecule has 2 N–H and O–H groups in total. The second kappa shape index (κ2) is 8.41. The lowest BCUT2D eigenvalue weighted by Crippen LogP contribution is -2.09. The molecular weight excluding hydrogens is 389 g/mol. The number of aromatic nitrogens is 4. The summed E-state index contributed by atoms with van der Waals surface area (Å²) in [7, 11) is 1.32. The third-order valence-corrected chi connectivity index (χ3v) is 3.09. The largest absolute Gasteiger partial charge is 0.435 e. The number of hydrogen-bond donors (Lipinski definition) is 1. The second-order valence-electron chi connectivity index (χ2n) is 5.15.